The van der Waals surface area contributed by atoms with Crippen LogP contribution in [0.1, 0.15) is 106 Å². The molecule has 7 atom stereocenters. The SMILES string of the molecule is COC(=O)N[C@H](C(=O)N1CCC[C@H]1c1ncc(-c2cc(F)c3c(c2)O[C@@H](c2ccc(CC4CC4)s2)n2c-3cc3cc(-c4cnc([C@@H]5CC6CC6N5C(=O)[C@@H](NC(=O)OC)C(C)C)[nH]4)ccc32)[nH]1)C(C)C. The molecule has 3 aliphatic heterocycles. The number of ether oxygens (including phenoxy) is 3. The summed E-state index contributed by atoms with van der Waals surface area (Å²) in [6, 6.07) is 13.9. The molecule has 2 unspecified atom stereocenters. The molecule has 2 aromatic carbocycles. The molecule has 5 aliphatic rings. The van der Waals surface area contributed by atoms with Crippen molar-refractivity contribution >= 4 is 46.2 Å². The first kappa shape index (κ1) is 45.7. The maximum atomic E-state index is 17.0. The maximum Gasteiger partial charge on any atom is 0.407 e. The van der Waals surface area contributed by atoms with Crippen molar-refractivity contribution in [2.24, 2.45) is 23.7 Å². The number of aromatic nitrogens is 5. The molecule has 0 bridgehead atoms. The van der Waals surface area contributed by atoms with Crippen LogP contribution in [-0.2, 0) is 25.5 Å². The Labute approximate surface area is 408 Å². The lowest BCUT2D eigenvalue weighted by molar-refractivity contribution is -0.137. The summed E-state index contributed by atoms with van der Waals surface area (Å²) in [6.45, 7) is 8.08. The third-order valence-corrected chi connectivity index (χ3v) is 16.0. The number of aromatic amines is 2. The zero-order chi connectivity index (χ0) is 48.7. The number of rotatable bonds is 13. The quantitative estimate of drug-likeness (QED) is 0.0875. The molecule has 0 radical (unpaired) electrons. The molecule has 4 aromatic heterocycles. The number of hydrogen-bond donors (Lipinski definition) is 4. The minimum absolute atomic E-state index is 0.109. The fourth-order valence-electron chi connectivity index (χ4n) is 10.9. The Morgan fingerprint density at radius 2 is 1.51 bits per heavy atom. The van der Waals surface area contributed by atoms with Gasteiger partial charge in [0, 0.05) is 34.0 Å². The van der Waals surface area contributed by atoms with Gasteiger partial charge < -0.3 is 44.6 Å². The van der Waals surface area contributed by atoms with E-state index in [1.807, 2.05) is 56.9 Å². The van der Waals surface area contributed by atoms with Crippen molar-refractivity contribution in [3.63, 3.8) is 0 Å². The first-order valence-corrected chi connectivity index (χ1v) is 25.3. The van der Waals surface area contributed by atoms with Crippen LogP contribution in [0.15, 0.2) is 60.9 Å². The van der Waals surface area contributed by atoms with Crippen LogP contribution < -0.4 is 15.4 Å². The molecule has 6 aromatic rings. The van der Waals surface area contributed by atoms with Crippen LogP contribution in [0.5, 0.6) is 5.75 Å². The second-order valence-corrected chi connectivity index (χ2v) is 21.5. The van der Waals surface area contributed by atoms with Crippen molar-refractivity contribution in [2.75, 3.05) is 20.8 Å². The zero-order valence-electron chi connectivity index (χ0n) is 40.1. The minimum Gasteiger partial charge on any atom is -0.464 e. The molecule has 4 fully saturated rings. The van der Waals surface area contributed by atoms with Gasteiger partial charge in [0.2, 0.25) is 18.0 Å². The van der Waals surface area contributed by atoms with Crippen LogP contribution in [0, 0.1) is 29.5 Å². The molecule has 16 nitrogen and oxygen atoms in total. The van der Waals surface area contributed by atoms with Crippen LogP contribution in [0.25, 0.3) is 44.7 Å². The van der Waals surface area contributed by atoms with Gasteiger partial charge in [-0.15, -0.1) is 11.3 Å². The van der Waals surface area contributed by atoms with Crippen molar-refractivity contribution in [1.29, 1.82) is 0 Å². The Morgan fingerprint density at radius 1 is 0.829 bits per heavy atom. The monoisotopic (exact) mass is 971 g/mol. The Kier molecular flexibility index (Phi) is 11.7. The topological polar surface area (TPSA) is 189 Å². The van der Waals surface area contributed by atoms with Crippen LogP contribution in [-0.4, -0.2) is 97.2 Å². The Bertz CT molecular complexity index is 3020. The van der Waals surface area contributed by atoms with Crippen molar-refractivity contribution in [2.45, 2.75) is 109 Å². The van der Waals surface area contributed by atoms with Gasteiger partial charge in [-0.3, -0.25) is 14.2 Å². The molecule has 2 saturated heterocycles. The van der Waals surface area contributed by atoms with Gasteiger partial charge in [-0.1, -0.05) is 33.8 Å². The van der Waals surface area contributed by atoms with Gasteiger partial charge in [0.1, 0.15) is 35.3 Å². The molecule has 0 spiro atoms. The average Bonchev–Trinajstić information content (AvgIpc) is 3.81. The summed E-state index contributed by atoms with van der Waals surface area (Å²) in [5, 5.41) is 6.34. The van der Waals surface area contributed by atoms with Crippen molar-refractivity contribution in [3.05, 3.63) is 88.1 Å². The van der Waals surface area contributed by atoms with E-state index >= 15 is 4.39 Å². The highest BCUT2D eigenvalue weighted by atomic mass is 32.1. The number of methoxy groups -OCH3 is 2. The van der Waals surface area contributed by atoms with Crippen LogP contribution >= 0.6 is 11.3 Å². The molecule has 366 valence electrons. The van der Waals surface area contributed by atoms with Crippen LogP contribution in [0.2, 0.25) is 0 Å². The highest BCUT2D eigenvalue weighted by Gasteiger charge is 2.56. The van der Waals surface area contributed by atoms with Gasteiger partial charge >= 0.3 is 12.2 Å². The van der Waals surface area contributed by atoms with Gasteiger partial charge in [-0.2, -0.15) is 0 Å². The van der Waals surface area contributed by atoms with E-state index in [9.17, 15) is 19.2 Å². The summed E-state index contributed by atoms with van der Waals surface area (Å²) in [5.41, 5.74) is 4.74. The fourth-order valence-corrected chi connectivity index (χ4v) is 12.1. The van der Waals surface area contributed by atoms with E-state index in [0.717, 1.165) is 52.7 Å². The van der Waals surface area contributed by atoms with Gasteiger partial charge in [0.25, 0.3) is 0 Å². The number of imidazole rings is 2. The van der Waals surface area contributed by atoms with Gasteiger partial charge in [0.05, 0.1) is 71.7 Å². The van der Waals surface area contributed by atoms with E-state index < -0.39 is 36.3 Å². The molecular formula is C52H58FN9O7S. The lowest BCUT2D eigenvalue weighted by Gasteiger charge is -2.31. The number of nitrogens with zero attached hydrogens (tertiary/aromatic N) is 5. The van der Waals surface area contributed by atoms with Crippen molar-refractivity contribution in [3.8, 4) is 39.5 Å². The number of hydrogen-bond acceptors (Lipinski definition) is 10. The van der Waals surface area contributed by atoms with E-state index in [2.05, 4.69) is 43.4 Å². The number of alkyl carbamates (subject to hydrolysis) is 2. The molecular weight excluding hydrogens is 914 g/mol. The van der Waals surface area contributed by atoms with E-state index in [1.165, 1.54) is 38.0 Å². The number of likely N-dealkylation sites (tertiary alicyclic amines) is 2. The number of H-pyrrole nitrogens is 2. The summed E-state index contributed by atoms with van der Waals surface area (Å²) < 4.78 is 35.7. The number of thiophene rings is 1. The number of benzene rings is 2. The third-order valence-electron chi connectivity index (χ3n) is 14.9. The van der Waals surface area contributed by atoms with Crippen molar-refractivity contribution in [1.82, 2.24) is 44.9 Å². The standard InChI is InChI=1S/C52H58FN9O7S/c1-25(2)44(58-51(65)67-5)48(63)60-15-7-8-37(60)46-54-24-35(57-46)29-18-33(53)43-39-20-30-17-28(11-13-36(30)62(39)50(69-41(43)22-29)42-14-12-32(70-42)16-27-9-10-27)34-23-55-47(56-34)40-21-31-19-38(31)61(40)49(64)45(26(3)4)59-52(66)68-6/h11-14,17-18,20,22-27,31,37-38,40,44-45,50H,7-10,15-16,19,21H2,1-6H3,(H,54,57)(H,55,56)(H,58,65)(H,59,66)/t31?,37-,38?,40-,44-,45-,50-/m0/s1. The fraction of sp³-hybridized carbons (Fsp3) is 0.462. The second kappa shape index (κ2) is 17.9. The van der Waals surface area contributed by atoms with Crippen molar-refractivity contribution < 1.29 is 37.8 Å². The molecule has 7 heterocycles. The minimum atomic E-state index is -0.768. The first-order valence-electron chi connectivity index (χ1n) is 24.4. The van der Waals surface area contributed by atoms with Gasteiger partial charge in [-0.25, -0.2) is 23.9 Å². The molecule has 11 rings (SSSR count). The summed E-state index contributed by atoms with van der Waals surface area (Å²) in [4.78, 5) is 74.7. The summed E-state index contributed by atoms with van der Waals surface area (Å²) in [5.74, 6) is 1.67. The van der Waals surface area contributed by atoms with E-state index in [4.69, 9.17) is 24.2 Å². The number of nitrogens with one attached hydrogen (secondary N) is 4. The maximum absolute atomic E-state index is 17.0. The van der Waals surface area contributed by atoms with Crippen LogP contribution in [0.4, 0.5) is 14.0 Å². The molecule has 2 aliphatic carbocycles. The molecule has 2 saturated carbocycles. The molecule has 18 heteroatoms. The largest absolute Gasteiger partial charge is 0.464 e. The van der Waals surface area contributed by atoms with E-state index in [0.29, 0.717) is 64.7 Å². The number of fused-ring (bicyclic) bond motifs is 6. The number of carbonyl (C=O) groups is 4. The first-order chi connectivity index (χ1) is 33.8. The Balaban J connectivity index is 0.909. The molecule has 4 N–H and O–H groups in total. The summed E-state index contributed by atoms with van der Waals surface area (Å²) in [7, 11) is 2.56. The Hall–Kier alpha value is -6.69. The number of halogens is 1. The lowest BCUT2D eigenvalue weighted by atomic mass is 10.0. The predicted octanol–water partition coefficient (Wildman–Crippen LogP) is 9.27. The molecule has 4 amide bonds. The zero-order valence-corrected chi connectivity index (χ0v) is 40.9. The number of amides is 4. The van der Waals surface area contributed by atoms with Gasteiger partial charge in [-0.05, 0) is 111 Å². The average molecular weight is 972 g/mol. The molecule has 70 heavy (non-hydrogen) atoms. The lowest BCUT2D eigenvalue weighted by Crippen LogP contribution is -2.52. The highest BCUT2D eigenvalue weighted by Crippen LogP contribution is 2.54. The highest BCUT2D eigenvalue weighted by molar-refractivity contribution is 7.12. The Morgan fingerprint density at radius 3 is 2.20 bits per heavy atom. The normalized spacial score (nSPS) is 22.1. The van der Waals surface area contributed by atoms with Crippen LogP contribution in [0.3, 0.4) is 0 Å². The van der Waals surface area contributed by atoms with E-state index in [-0.39, 0.29) is 41.8 Å². The number of piperidine rings is 1. The smallest absolute Gasteiger partial charge is 0.407 e. The summed E-state index contributed by atoms with van der Waals surface area (Å²) >= 11 is 1.73. The predicted molar refractivity (Wildman–Crippen MR) is 260 cm³/mol. The van der Waals surface area contributed by atoms with E-state index in [1.54, 1.807) is 28.6 Å². The number of carbonyl (C=O) groups excluding carboxylic acids is 4. The third kappa shape index (κ3) is 8.26. The summed E-state index contributed by atoms with van der Waals surface area (Å²) in [6.07, 6.45) is 8.29. The van der Waals surface area contributed by atoms with Gasteiger partial charge in [0.15, 0.2) is 0 Å². The second-order valence-electron chi connectivity index (χ2n) is 20.3.